The van der Waals surface area contributed by atoms with Gasteiger partial charge in [0.2, 0.25) is 0 Å². The highest BCUT2D eigenvalue weighted by atomic mass is 32.1. The van der Waals surface area contributed by atoms with Crippen LogP contribution in [0.25, 0.3) is 0 Å². The molecule has 1 amide bonds. The number of rotatable bonds is 3. The molecular weight excluding hydrogens is 352 g/mol. The summed E-state index contributed by atoms with van der Waals surface area (Å²) in [5, 5.41) is 3.08. The maximum Gasteiger partial charge on any atom is 0.255 e. The summed E-state index contributed by atoms with van der Waals surface area (Å²) in [7, 11) is 0. The van der Waals surface area contributed by atoms with Gasteiger partial charge in [-0.2, -0.15) is 0 Å². The minimum absolute atomic E-state index is 0.0277. The SMILES string of the molecule is O=C(c1cccnc1)N1CCOC2(CN(Cc3nccs3)CCCO2)C1. The molecule has 0 bridgehead atoms. The van der Waals surface area contributed by atoms with Gasteiger partial charge in [0, 0.05) is 37.1 Å². The molecule has 1 unspecified atom stereocenters. The number of carbonyl (C=O) groups excluding carboxylic acids is 1. The molecule has 26 heavy (non-hydrogen) atoms. The van der Waals surface area contributed by atoms with E-state index in [9.17, 15) is 4.79 Å². The van der Waals surface area contributed by atoms with E-state index in [1.807, 2.05) is 16.5 Å². The Hall–Kier alpha value is -1.87. The Morgan fingerprint density at radius 2 is 2.15 bits per heavy atom. The number of aromatic nitrogens is 2. The summed E-state index contributed by atoms with van der Waals surface area (Å²) in [5.74, 6) is -0.802. The van der Waals surface area contributed by atoms with Crippen molar-refractivity contribution < 1.29 is 14.3 Å². The summed E-state index contributed by atoms with van der Waals surface area (Å²) in [4.78, 5) is 25.4. The predicted molar refractivity (Wildman–Crippen MR) is 96.8 cm³/mol. The van der Waals surface area contributed by atoms with Crippen molar-refractivity contribution in [1.29, 1.82) is 0 Å². The highest BCUT2D eigenvalue weighted by Crippen LogP contribution is 2.26. The van der Waals surface area contributed by atoms with E-state index in [0.29, 0.717) is 38.4 Å². The molecular formula is C18H22N4O3S. The fourth-order valence-corrected chi connectivity index (χ4v) is 4.11. The molecule has 2 aliphatic heterocycles. The molecule has 4 rings (SSSR count). The lowest BCUT2D eigenvalue weighted by Crippen LogP contribution is -2.59. The fourth-order valence-electron chi connectivity index (χ4n) is 3.45. The maximum absolute atomic E-state index is 12.8. The molecule has 0 aliphatic carbocycles. The third kappa shape index (κ3) is 3.93. The summed E-state index contributed by atoms with van der Waals surface area (Å²) in [6, 6.07) is 3.57. The van der Waals surface area contributed by atoms with Gasteiger partial charge in [-0.05, 0) is 18.6 Å². The monoisotopic (exact) mass is 374 g/mol. The van der Waals surface area contributed by atoms with Gasteiger partial charge >= 0.3 is 0 Å². The van der Waals surface area contributed by atoms with Crippen LogP contribution < -0.4 is 0 Å². The van der Waals surface area contributed by atoms with Crippen LogP contribution >= 0.6 is 11.3 Å². The first-order chi connectivity index (χ1) is 12.7. The van der Waals surface area contributed by atoms with Crippen molar-refractivity contribution in [3.05, 3.63) is 46.7 Å². The predicted octanol–water partition coefficient (Wildman–Crippen LogP) is 1.63. The van der Waals surface area contributed by atoms with E-state index in [0.717, 1.165) is 24.5 Å². The number of carbonyl (C=O) groups is 1. The number of amides is 1. The van der Waals surface area contributed by atoms with E-state index in [1.54, 1.807) is 35.9 Å². The zero-order chi connectivity index (χ0) is 17.8. The van der Waals surface area contributed by atoms with E-state index < -0.39 is 5.79 Å². The summed E-state index contributed by atoms with van der Waals surface area (Å²) < 4.78 is 12.2. The molecule has 2 aromatic rings. The Morgan fingerprint density at radius 3 is 2.96 bits per heavy atom. The first kappa shape index (κ1) is 17.5. The second-order valence-electron chi connectivity index (χ2n) is 6.57. The molecule has 7 nitrogen and oxygen atoms in total. The van der Waals surface area contributed by atoms with E-state index in [-0.39, 0.29) is 5.91 Å². The van der Waals surface area contributed by atoms with Crippen molar-refractivity contribution in [1.82, 2.24) is 19.8 Å². The zero-order valence-electron chi connectivity index (χ0n) is 14.5. The van der Waals surface area contributed by atoms with Gasteiger partial charge < -0.3 is 14.4 Å². The van der Waals surface area contributed by atoms with Crippen LogP contribution in [0.4, 0.5) is 0 Å². The van der Waals surface area contributed by atoms with Crippen LogP contribution in [0.5, 0.6) is 0 Å². The molecule has 2 aromatic heterocycles. The van der Waals surface area contributed by atoms with Crippen LogP contribution in [-0.4, -0.2) is 70.9 Å². The summed E-state index contributed by atoms with van der Waals surface area (Å²) in [6.45, 7) is 4.42. The normalized spacial score (nSPS) is 24.5. The molecule has 1 atom stereocenters. The van der Waals surface area contributed by atoms with Gasteiger partial charge in [0.15, 0.2) is 5.79 Å². The molecule has 0 saturated carbocycles. The Kier molecular flexibility index (Phi) is 5.26. The van der Waals surface area contributed by atoms with E-state index in [2.05, 4.69) is 14.9 Å². The van der Waals surface area contributed by atoms with Gasteiger partial charge in [-0.25, -0.2) is 4.98 Å². The number of thiazole rings is 1. The molecule has 0 radical (unpaired) electrons. The van der Waals surface area contributed by atoms with Crippen LogP contribution in [0, 0.1) is 0 Å². The standard InChI is InChI=1S/C18H22N4O3S/c23-17(15-3-1-4-19-11-15)22-7-9-25-18(14-22)13-21(6-2-8-24-18)12-16-20-5-10-26-16/h1,3-5,10-11H,2,6-9,12-14H2. The van der Waals surface area contributed by atoms with Gasteiger partial charge in [0.05, 0.1) is 38.4 Å². The number of hydrogen-bond acceptors (Lipinski definition) is 7. The molecule has 8 heteroatoms. The second-order valence-corrected chi connectivity index (χ2v) is 7.55. The molecule has 0 aromatic carbocycles. The highest BCUT2D eigenvalue weighted by Gasteiger charge is 2.42. The number of pyridine rings is 1. The molecule has 2 aliphatic rings. The van der Waals surface area contributed by atoms with Gasteiger partial charge in [-0.15, -0.1) is 11.3 Å². The van der Waals surface area contributed by atoms with Gasteiger partial charge in [0.1, 0.15) is 5.01 Å². The minimum Gasteiger partial charge on any atom is -0.347 e. The molecule has 0 N–H and O–H groups in total. The lowest BCUT2D eigenvalue weighted by molar-refractivity contribution is -0.261. The lowest BCUT2D eigenvalue weighted by Gasteiger charge is -2.43. The van der Waals surface area contributed by atoms with Crippen molar-refractivity contribution in [2.75, 3.05) is 39.4 Å². The number of ether oxygens (including phenoxy) is 2. The average molecular weight is 374 g/mol. The summed E-state index contributed by atoms with van der Waals surface area (Å²) in [5.41, 5.74) is 0.595. The van der Waals surface area contributed by atoms with Crippen LogP contribution in [0.3, 0.4) is 0 Å². The van der Waals surface area contributed by atoms with Crippen LogP contribution in [0.1, 0.15) is 21.8 Å². The van der Waals surface area contributed by atoms with E-state index in [1.165, 1.54) is 0 Å². The molecule has 2 fully saturated rings. The fraction of sp³-hybridized carbons (Fsp3) is 0.500. The van der Waals surface area contributed by atoms with E-state index in [4.69, 9.17) is 9.47 Å². The van der Waals surface area contributed by atoms with Gasteiger partial charge in [0.25, 0.3) is 5.91 Å². The first-order valence-corrected chi connectivity index (χ1v) is 9.70. The maximum atomic E-state index is 12.8. The van der Waals surface area contributed by atoms with Crippen LogP contribution in [0.15, 0.2) is 36.1 Å². The van der Waals surface area contributed by atoms with Crippen molar-refractivity contribution in [3.63, 3.8) is 0 Å². The zero-order valence-corrected chi connectivity index (χ0v) is 15.4. The molecule has 1 spiro atoms. The molecule has 138 valence electrons. The van der Waals surface area contributed by atoms with Crippen molar-refractivity contribution in [2.45, 2.75) is 18.8 Å². The summed E-state index contributed by atoms with van der Waals surface area (Å²) >= 11 is 1.66. The number of morpholine rings is 1. The number of hydrogen-bond donors (Lipinski definition) is 0. The Bertz CT molecular complexity index is 727. The van der Waals surface area contributed by atoms with Gasteiger partial charge in [-0.3, -0.25) is 14.7 Å². The average Bonchev–Trinajstić information content (AvgIpc) is 3.11. The Balaban J connectivity index is 1.48. The topological polar surface area (TPSA) is 67.8 Å². The Labute approximate surface area is 156 Å². The second kappa shape index (κ2) is 7.79. The first-order valence-electron chi connectivity index (χ1n) is 8.82. The third-order valence-corrected chi connectivity index (χ3v) is 5.41. The Morgan fingerprint density at radius 1 is 1.23 bits per heavy atom. The highest BCUT2D eigenvalue weighted by molar-refractivity contribution is 7.09. The van der Waals surface area contributed by atoms with Crippen molar-refractivity contribution in [3.8, 4) is 0 Å². The number of nitrogens with zero attached hydrogens (tertiary/aromatic N) is 4. The quantitative estimate of drug-likeness (QED) is 0.813. The minimum atomic E-state index is -0.774. The largest absolute Gasteiger partial charge is 0.347 e. The summed E-state index contributed by atoms with van der Waals surface area (Å²) in [6.07, 6.45) is 6.04. The van der Waals surface area contributed by atoms with Gasteiger partial charge in [-0.1, -0.05) is 0 Å². The third-order valence-electron chi connectivity index (χ3n) is 4.64. The smallest absolute Gasteiger partial charge is 0.255 e. The molecule has 2 saturated heterocycles. The lowest BCUT2D eigenvalue weighted by atomic mass is 10.1. The molecule has 4 heterocycles. The van der Waals surface area contributed by atoms with Crippen LogP contribution in [0.2, 0.25) is 0 Å². The van der Waals surface area contributed by atoms with E-state index >= 15 is 0 Å². The van der Waals surface area contributed by atoms with Crippen LogP contribution in [-0.2, 0) is 16.0 Å². The van der Waals surface area contributed by atoms with Crippen molar-refractivity contribution in [2.24, 2.45) is 0 Å². The van der Waals surface area contributed by atoms with Crippen molar-refractivity contribution >= 4 is 17.2 Å².